The molecule has 1 aromatic heterocycles. The quantitative estimate of drug-likeness (QED) is 0.415. The highest BCUT2D eigenvalue weighted by molar-refractivity contribution is 7.09. The number of cyclic esters (lactones) is 1. The number of carbonyl (C=O) groups is 1. The number of carbonyl (C=O) groups excluding carboxylic acids is 1. The van der Waals surface area contributed by atoms with Crippen LogP contribution in [0, 0.1) is 26.6 Å². The average molecular weight is 453 g/mol. The third-order valence-electron chi connectivity index (χ3n) is 6.13. The lowest BCUT2D eigenvalue weighted by molar-refractivity contribution is 0.130. The third-order valence-corrected chi connectivity index (χ3v) is 7.15. The van der Waals surface area contributed by atoms with Crippen molar-refractivity contribution in [1.82, 2.24) is 9.88 Å². The van der Waals surface area contributed by atoms with E-state index in [2.05, 4.69) is 23.2 Å². The van der Waals surface area contributed by atoms with Gasteiger partial charge in [0.15, 0.2) is 6.10 Å². The predicted octanol–water partition coefficient (Wildman–Crippen LogP) is 7.08. The average Bonchev–Trinajstić information content (AvgIpc) is 3.26. The molecule has 0 bridgehead atoms. The van der Waals surface area contributed by atoms with Gasteiger partial charge in [-0.25, -0.2) is 14.2 Å². The fourth-order valence-electron chi connectivity index (χ4n) is 4.29. The fourth-order valence-corrected chi connectivity index (χ4v) is 5.21. The molecule has 0 N–H and O–H groups in total. The van der Waals surface area contributed by atoms with Gasteiger partial charge in [0.25, 0.3) is 0 Å². The maximum Gasteiger partial charge on any atom is 0.411 e. The highest BCUT2D eigenvalue weighted by Gasteiger charge is 2.41. The first kappa shape index (κ1) is 22.5. The first-order valence-electron chi connectivity index (χ1n) is 10.9. The molecule has 1 saturated heterocycles. The molecule has 1 aliphatic rings. The second-order valence-corrected chi connectivity index (χ2v) is 9.89. The van der Waals surface area contributed by atoms with Crippen LogP contribution in [0.5, 0.6) is 0 Å². The number of thiazole rings is 1. The third kappa shape index (κ3) is 4.16. The topological polar surface area (TPSA) is 42.4 Å². The van der Waals surface area contributed by atoms with E-state index in [0.717, 1.165) is 38.5 Å². The fraction of sp³-hybridized carbons (Fsp3) is 0.385. The van der Waals surface area contributed by atoms with E-state index >= 15 is 0 Å². The molecule has 1 fully saturated rings. The Bertz CT molecular complexity index is 1170. The minimum Gasteiger partial charge on any atom is -0.436 e. The van der Waals surface area contributed by atoms with Crippen molar-refractivity contribution in [3.8, 4) is 11.1 Å². The minimum absolute atomic E-state index is 0.0827. The van der Waals surface area contributed by atoms with Crippen LogP contribution in [0.25, 0.3) is 11.1 Å². The van der Waals surface area contributed by atoms with E-state index < -0.39 is 0 Å². The molecule has 0 radical (unpaired) electrons. The zero-order valence-corrected chi connectivity index (χ0v) is 20.2. The van der Waals surface area contributed by atoms with Crippen LogP contribution < -0.4 is 0 Å². The Morgan fingerprint density at radius 1 is 1.16 bits per heavy atom. The molecule has 6 heteroatoms. The van der Waals surface area contributed by atoms with Gasteiger partial charge >= 0.3 is 6.09 Å². The number of hydrogen-bond donors (Lipinski definition) is 0. The molecule has 4 rings (SSSR count). The van der Waals surface area contributed by atoms with Crippen molar-refractivity contribution < 1.29 is 13.9 Å². The molecular weight excluding hydrogens is 423 g/mol. The van der Waals surface area contributed by atoms with E-state index in [1.165, 1.54) is 11.3 Å². The van der Waals surface area contributed by atoms with Crippen LogP contribution in [0.4, 0.5) is 9.18 Å². The Balaban J connectivity index is 1.71. The van der Waals surface area contributed by atoms with Crippen LogP contribution in [0.3, 0.4) is 0 Å². The molecule has 2 atom stereocenters. The summed E-state index contributed by atoms with van der Waals surface area (Å²) in [7, 11) is 0. The van der Waals surface area contributed by atoms with Gasteiger partial charge in [0.05, 0.1) is 12.6 Å². The smallest absolute Gasteiger partial charge is 0.411 e. The Morgan fingerprint density at radius 2 is 1.91 bits per heavy atom. The Labute approximate surface area is 193 Å². The first-order chi connectivity index (χ1) is 15.2. The van der Waals surface area contributed by atoms with Gasteiger partial charge in [-0.05, 0) is 73.6 Å². The standard InChI is InChI=1S/C26H29FN2O2S/c1-14(2)21-11-22(16(4)10-23(21)27)20-8-7-15(3)9-19(20)12-29-18(6)24(31-26(29)30)25-28-17(5)13-32-25/h7-11,13-14,18,24H,12H2,1-6H3/t18-,24-/m0/s1. The molecule has 2 aromatic carbocycles. The minimum atomic E-state index is -0.366. The van der Waals surface area contributed by atoms with Crippen molar-refractivity contribution >= 4 is 17.4 Å². The lowest BCUT2D eigenvalue weighted by Gasteiger charge is -2.23. The molecule has 2 heterocycles. The number of aryl methyl sites for hydroxylation is 3. The summed E-state index contributed by atoms with van der Waals surface area (Å²) in [4.78, 5) is 19.1. The zero-order valence-electron chi connectivity index (χ0n) is 19.4. The summed E-state index contributed by atoms with van der Waals surface area (Å²) in [5.74, 6) is -0.0902. The molecule has 0 unspecified atom stereocenters. The summed E-state index contributed by atoms with van der Waals surface area (Å²) in [5.41, 5.74) is 6.66. The van der Waals surface area contributed by atoms with E-state index in [0.29, 0.717) is 12.1 Å². The van der Waals surface area contributed by atoms with E-state index in [1.54, 1.807) is 11.0 Å². The van der Waals surface area contributed by atoms with Gasteiger partial charge in [0, 0.05) is 11.1 Å². The molecule has 0 spiro atoms. The largest absolute Gasteiger partial charge is 0.436 e. The summed E-state index contributed by atoms with van der Waals surface area (Å²) in [6, 6.07) is 9.67. The lowest BCUT2D eigenvalue weighted by Crippen LogP contribution is -2.31. The van der Waals surface area contributed by atoms with Gasteiger partial charge in [0.1, 0.15) is 10.8 Å². The first-order valence-corrected chi connectivity index (χ1v) is 11.8. The van der Waals surface area contributed by atoms with Gasteiger partial charge < -0.3 is 4.74 Å². The lowest BCUT2D eigenvalue weighted by atomic mass is 9.90. The summed E-state index contributed by atoms with van der Waals surface area (Å²) in [6.07, 6.45) is -0.698. The Kier molecular flexibility index (Phi) is 6.08. The number of benzene rings is 2. The molecule has 32 heavy (non-hydrogen) atoms. The molecule has 1 amide bonds. The zero-order chi connectivity index (χ0) is 23.2. The predicted molar refractivity (Wildman–Crippen MR) is 126 cm³/mol. The summed E-state index contributed by atoms with van der Waals surface area (Å²) in [6.45, 7) is 12.3. The second-order valence-electron chi connectivity index (χ2n) is 9.00. The summed E-state index contributed by atoms with van der Waals surface area (Å²) in [5, 5.41) is 2.80. The van der Waals surface area contributed by atoms with Crippen molar-refractivity contribution in [1.29, 1.82) is 0 Å². The van der Waals surface area contributed by atoms with Gasteiger partial charge in [-0.2, -0.15) is 0 Å². The number of halogens is 1. The number of aromatic nitrogens is 1. The number of amides is 1. The van der Waals surface area contributed by atoms with Gasteiger partial charge in [-0.1, -0.05) is 37.6 Å². The van der Waals surface area contributed by atoms with Crippen molar-refractivity contribution in [2.75, 3.05) is 0 Å². The molecule has 168 valence electrons. The maximum absolute atomic E-state index is 14.5. The second kappa shape index (κ2) is 8.66. The van der Waals surface area contributed by atoms with Gasteiger partial charge in [-0.15, -0.1) is 11.3 Å². The molecule has 1 aliphatic heterocycles. The number of rotatable bonds is 5. The van der Waals surface area contributed by atoms with Crippen LogP contribution in [0.2, 0.25) is 0 Å². The highest BCUT2D eigenvalue weighted by atomic mass is 32.1. The monoisotopic (exact) mass is 452 g/mol. The SMILES string of the molecule is Cc1ccc(-c2cc(C(C)C)c(F)cc2C)c(CN2C(=O)O[C@H](c3nc(C)cs3)[C@@H]2C)c1. The van der Waals surface area contributed by atoms with E-state index in [9.17, 15) is 9.18 Å². The van der Waals surface area contributed by atoms with E-state index in [4.69, 9.17) is 4.74 Å². The van der Waals surface area contributed by atoms with Crippen molar-refractivity contribution in [2.45, 2.75) is 66.2 Å². The van der Waals surface area contributed by atoms with Crippen molar-refractivity contribution in [3.63, 3.8) is 0 Å². The van der Waals surface area contributed by atoms with E-state index in [1.807, 2.05) is 53.0 Å². The maximum atomic E-state index is 14.5. The van der Waals surface area contributed by atoms with Gasteiger partial charge in [0.2, 0.25) is 0 Å². The molecule has 4 nitrogen and oxygen atoms in total. The van der Waals surface area contributed by atoms with Crippen LogP contribution in [-0.2, 0) is 11.3 Å². The molecular formula is C26H29FN2O2S. The number of hydrogen-bond acceptors (Lipinski definition) is 4. The summed E-state index contributed by atoms with van der Waals surface area (Å²) < 4.78 is 20.2. The highest BCUT2D eigenvalue weighted by Crippen LogP contribution is 2.37. The van der Waals surface area contributed by atoms with Gasteiger partial charge in [-0.3, -0.25) is 4.90 Å². The number of ether oxygens (including phenoxy) is 1. The van der Waals surface area contributed by atoms with Crippen molar-refractivity contribution in [2.24, 2.45) is 0 Å². The number of nitrogens with zero attached hydrogens (tertiary/aromatic N) is 2. The summed E-state index contributed by atoms with van der Waals surface area (Å²) >= 11 is 1.52. The van der Waals surface area contributed by atoms with Crippen LogP contribution in [0.1, 0.15) is 65.7 Å². The Morgan fingerprint density at radius 3 is 2.56 bits per heavy atom. The van der Waals surface area contributed by atoms with Crippen LogP contribution in [-0.4, -0.2) is 22.0 Å². The molecule has 0 saturated carbocycles. The van der Waals surface area contributed by atoms with Crippen molar-refractivity contribution in [3.05, 3.63) is 74.5 Å². The molecule has 3 aromatic rings. The van der Waals surface area contributed by atoms with E-state index in [-0.39, 0.29) is 30.0 Å². The van der Waals surface area contributed by atoms with Crippen LogP contribution in [0.15, 0.2) is 35.7 Å². The van der Waals surface area contributed by atoms with Crippen LogP contribution >= 0.6 is 11.3 Å². The molecule has 0 aliphatic carbocycles. The Hall–Kier alpha value is -2.73. The normalized spacial score (nSPS) is 18.5.